The molecule has 1 N–H and O–H groups in total. The summed E-state index contributed by atoms with van der Waals surface area (Å²) in [4.78, 5) is 23.5. The summed E-state index contributed by atoms with van der Waals surface area (Å²) in [6, 6.07) is 3.61. The fourth-order valence-electron chi connectivity index (χ4n) is 3.36. The third-order valence-electron chi connectivity index (χ3n) is 4.75. The predicted molar refractivity (Wildman–Crippen MR) is 99.1 cm³/mol. The molecule has 4 rings (SSSR count). The van der Waals surface area contributed by atoms with Crippen LogP contribution in [0.1, 0.15) is 24.7 Å². The minimum atomic E-state index is -0.509. The van der Waals surface area contributed by atoms with Gasteiger partial charge in [0, 0.05) is 31.4 Å². The van der Waals surface area contributed by atoms with Crippen LogP contribution in [0.5, 0.6) is 0 Å². The predicted octanol–water partition coefficient (Wildman–Crippen LogP) is 2.21. The number of halogens is 1. The molecule has 0 amide bonds. The first-order valence-electron chi connectivity index (χ1n) is 9.03. The van der Waals surface area contributed by atoms with Gasteiger partial charge < -0.3 is 14.6 Å². The Kier molecular flexibility index (Phi) is 5.07. The van der Waals surface area contributed by atoms with E-state index in [0.29, 0.717) is 31.0 Å². The topological polar surface area (TPSA) is 85.8 Å². The lowest BCUT2D eigenvalue weighted by atomic mass is 10.1. The molecule has 0 aliphatic carbocycles. The molecule has 1 saturated heterocycles. The smallest absolute Gasteiger partial charge is 0.380 e. The maximum absolute atomic E-state index is 14.6. The molecule has 1 aliphatic rings. The molecule has 0 bridgehead atoms. The van der Waals surface area contributed by atoms with Gasteiger partial charge in [-0.05, 0) is 19.8 Å². The molecule has 0 saturated carbocycles. The number of hydrogen-bond acceptors (Lipinski definition) is 6. The third-order valence-corrected chi connectivity index (χ3v) is 4.75. The Bertz CT molecular complexity index is 983. The number of aromatic nitrogens is 5. The van der Waals surface area contributed by atoms with Crippen LogP contribution in [0.2, 0.25) is 0 Å². The second-order valence-electron chi connectivity index (χ2n) is 6.56. The van der Waals surface area contributed by atoms with Crippen LogP contribution in [0.3, 0.4) is 0 Å². The first-order chi connectivity index (χ1) is 13.7. The number of aryl methyl sites for hydroxylation is 1. The number of carbonyl (C=O) groups excluding carboxylic acids is 1. The highest BCUT2D eigenvalue weighted by Gasteiger charge is 2.23. The van der Waals surface area contributed by atoms with E-state index < -0.39 is 5.82 Å². The molecule has 1 aliphatic heterocycles. The lowest BCUT2D eigenvalue weighted by molar-refractivity contribution is -0.552. The molecule has 1 fully saturated rings. The van der Waals surface area contributed by atoms with Crippen LogP contribution >= 0.6 is 0 Å². The second kappa shape index (κ2) is 7.81. The fraction of sp³-hybridized carbons (Fsp3) is 0.316. The Morgan fingerprint density at radius 1 is 1.25 bits per heavy atom. The van der Waals surface area contributed by atoms with Crippen molar-refractivity contribution in [1.29, 1.82) is 0 Å². The monoisotopic (exact) mass is 383 g/mol. The van der Waals surface area contributed by atoms with Gasteiger partial charge in [-0.25, -0.2) is 24.1 Å². The van der Waals surface area contributed by atoms with Gasteiger partial charge in [0.15, 0.2) is 18.2 Å². The van der Waals surface area contributed by atoms with Crippen molar-refractivity contribution in [3.63, 3.8) is 0 Å². The molecule has 3 aromatic heterocycles. The van der Waals surface area contributed by atoms with E-state index in [1.165, 1.54) is 4.57 Å². The standard InChI is InChI=1S/C19H19FN6O2/c1-13-21-11-17(26(13)15-4-8-28-9-5-15)18-16(20)10-22-19(24-18)23-14-2-6-25(12-27)7-3-14/h2-3,6-7,10-12,15H,4-5,8-9H2,1H3/p+1. The van der Waals surface area contributed by atoms with Crippen molar-refractivity contribution in [2.45, 2.75) is 25.8 Å². The summed E-state index contributed by atoms with van der Waals surface area (Å²) in [6.07, 6.45) is 8.39. The molecule has 0 spiro atoms. The van der Waals surface area contributed by atoms with E-state index in [1.54, 1.807) is 30.7 Å². The van der Waals surface area contributed by atoms with Gasteiger partial charge >= 0.3 is 6.41 Å². The van der Waals surface area contributed by atoms with Crippen LogP contribution in [-0.2, 0) is 9.53 Å². The van der Waals surface area contributed by atoms with E-state index in [-0.39, 0.29) is 17.7 Å². The summed E-state index contributed by atoms with van der Waals surface area (Å²) in [5, 5.41) is 3.03. The molecular formula is C19H20FN6O2+. The molecular weight excluding hydrogens is 363 g/mol. The zero-order valence-electron chi connectivity index (χ0n) is 15.4. The normalized spacial score (nSPS) is 14.8. The second-order valence-corrected chi connectivity index (χ2v) is 6.56. The van der Waals surface area contributed by atoms with Crippen LogP contribution < -0.4 is 9.88 Å². The van der Waals surface area contributed by atoms with Crippen molar-refractivity contribution in [2.75, 3.05) is 18.5 Å². The average Bonchev–Trinajstić information content (AvgIpc) is 3.12. The van der Waals surface area contributed by atoms with Crippen LogP contribution in [0.25, 0.3) is 11.4 Å². The molecule has 0 radical (unpaired) electrons. The Labute approximate surface area is 161 Å². The Morgan fingerprint density at radius 3 is 2.71 bits per heavy atom. The Hall–Kier alpha value is -3.20. The number of carbonyl (C=O) groups is 1. The van der Waals surface area contributed by atoms with Gasteiger partial charge in [-0.3, -0.25) is 0 Å². The van der Waals surface area contributed by atoms with E-state index in [9.17, 15) is 9.18 Å². The summed E-state index contributed by atoms with van der Waals surface area (Å²) in [5.74, 6) is 0.569. The molecule has 28 heavy (non-hydrogen) atoms. The number of anilines is 2. The van der Waals surface area contributed by atoms with Gasteiger partial charge in [0.2, 0.25) is 5.95 Å². The largest absolute Gasteiger partial charge is 0.381 e. The highest BCUT2D eigenvalue weighted by Crippen LogP contribution is 2.30. The van der Waals surface area contributed by atoms with E-state index >= 15 is 0 Å². The number of nitrogens with zero attached hydrogens (tertiary/aromatic N) is 5. The minimum Gasteiger partial charge on any atom is -0.381 e. The van der Waals surface area contributed by atoms with E-state index in [1.807, 2.05) is 11.5 Å². The van der Waals surface area contributed by atoms with Crippen molar-refractivity contribution in [3.05, 3.63) is 48.6 Å². The average molecular weight is 383 g/mol. The van der Waals surface area contributed by atoms with E-state index in [2.05, 4.69) is 20.3 Å². The van der Waals surface area contributed by atoms with Gasteiger partial charge in [0.25, 0.3) is 0 Å². The summed E-state index contributed by atoms with van der Waals surface area (Å²) in [7, 11) is 0. The van der Waals surface area contributed by atoms with Crippen LogP contribution in [0.15, 0.2) is 36.9 Å². The van der Waals surface area contributed by atoms with Crippen LogP contribution in [0, 0.1) is 12.7 Å². The first kappa shape index (κ1) is 18.2. The first-order valence-corrected chi connectivity index (χ1v) is 9.03. The summed E-state index contributed by atoms with van der Waals surface area (Å²) >= 11 is 0. The number of nitrogens with one attached hydrogen (secondary N) is 1. The van der Waals surface area contributed by atoms with Gasteiger partial charge in [0.1, 0.15) is 11.5 Å². The van der Waals surface area contributed by atoms with E-state index in [0.717, 1.165) is 24.9 Å². The lowest BCUT2D eigenvalue weighted by Gasteiger charge is -2.26. The van der Waals surface area contributed by atoms with E-state index in [4.69, 9.17) is 4.74 Å². The van der Waals surface area contributed by atoms with Gasteiger partial charge in [0.05, 0.1) is 23.8 Å². The molecule has 144 valence electrons. The van der Waals surface area contributed by atoms with Crippen LogP contribution in [0.4, 0.5) is 16.0 Å². The summed E-state index contributed by atoms with van der Waals surface area (Å²) < 4.78 is 23.4. The molecule has 0 unspecified atom stereocenters. The molecule has 0 atom stereocenters. The zero-order chi connectivity index (χ0) is 19.5. The van der Waals surface area contributed by atoms with Gasteiger partial charge in [-0.15, -0.1) is 4.57 Å². The fourth-order valence-corrected chi connectivity index (χ4v) is 3.36. The summed E-state index contributed by atoms with van der Waals surface area (Å²) in [6.45, 7) is 3.26. The highest BCUT2D eigenvalue weighted by atomic mass is 19.1. The number of pyridine rings is 1. The maximum Gasteiger partial charge on any atom is 0.380 e. The Morgan fingerprint density at radius 2 is 2.00 bits per heavy atom. The quantitative estimate of drug-likeness (QED) is 0.537. The Balaban J connectivity index is 1.67. The van der Waals surface area contributed by atoms with Crippen molar-refractivity contribution >= 4 is 18.0 Å². The minimum absolute atomic E-state index is 0.198. The van der Waals surface area contributed by atoms with Crippen molar-refractivity contribution in [3.8, 4) is 11.4 Å². The number of imidazole rings is 1. The molecule has 9 heteroatoms. The van der Waals surface area contributed by atoms with Crippen molar-refractivity contribution in [2.24, 2.45) is 0 Å². The van der Waals surface area contributed by atoms with Gasteiger partial charge in [-0.1, -0.05) is 0 Å². The highest BCUT2D eigenvalue weighted by molar-refractivity contribution is 5.59. The molecule has 8 nitrogen and oxygen atoms in total. The molecule has 0 aromatic carbocycles. The van der Waals surface area contributed by atoms with Crippen LogP contribution in [-0.4, -0.2) is 39.1 Å². The zero-order valence-corrected chi connectivity index (χ0v) is 15.4. The third kappa shape index (κ3) is 3.61. The number of rotatable bonds is 5. The molecule has 4 heterocycles. The summed E-state index contributed by atoms with van der Waals surface area (Å²) in [5.41, 5.74) is 1.51. The van der Waals surface area contributed by atoms with Crippen molar-refractivity contribution in [1.82, 2.24) is 19.5 Å². The SMILES string of the molecule is Cc1ncc(-c2nc(Nc3cc[n+](C=O)cc3)ncc2F)n1C1CCOCC1. The maximum atomic E-state index is 14.6. The number of ether oxygens (including phenoxy) is 1. The number of hydrogen-bond donors (Lipinski definition) is 1. The van der Waals surface area contributed by atoms with Crippen molar-refractivity contribution < 1.29 is 18.5 Å². The van der Waals surface area contributed by atoms with Gasteiger partial charge in [-0.2, -0.15) is 0 Å². The lowest BCUT2D eigenvalue weighted by Crippen LogP contribution is -2.31. The molecule has 3 aromatic rings.